The van der Waals surface area contributed by atoms with Gasteiger partial charge in [0, 0.05) is 19.7 Å². The Bertz CT molecular complexity index is 808. The van der Waals surface area contributed by atoms with E-state index in [-0.39, 0.29) is 17.8 Å². The van der Waals surface area contributed by atoms with Crippen LogP contribution in [0.2, 0.25) is 0 Å². The molecule has 6 nitrogen and oxygen atoms in total. The molecule has 0 aliphatic carbocycles. The maximum atomic E-state index is 13.0. The SMILES string of the molecule is C[C@H](Nc1nn2cc(-c3ccc(F)cc3)nc2s1)C(=O)N(C)C. The number of nitrogens with zero attached hydrogens (tertiary/aromatic N) is 4. The van der Waals surface area contributed by atoms with Gasteiger partial charge in [-0.2, -0.15) is 0 Å². The van der Waals surface area contributed by atoms with Crippen LogP contribution in [0.15, 0.2) is 30.5 Å². The van der Waals surface area contributed by atoms with Crippen LogP contribution in [0.1, 0.15) is 6.92 Å². The number of hydrogen-bond acceptors (Lipinski definition) is 5. The number of rotatable bonds is 4. The van der Waals surface area contributed by atoms with Gasteiger partial charge in [-0.15, -0.1) is 5.10 Å². The summed E-state index contributed by atoms with van der Waals surface area (Å²) in [5.41, 5.74) is 1.56. The van der Waals surface area contributed by atoms with Crippen LogP contribution in [-0.4, -0.2) is 45.5 Å². The van der Waals surface area contributed by atoms with Crippen molar-refractivity contribution in [1.82, 2.24) is 19.5 Å². The van der Waals surface area contributed by atoms with Crippen molar-refractivity contribution in [1.29, 1.82) is 0 Å². The van der Waals surface area contributed by atoms with Gasteiger partial charge in [0.05, 0.1) is 11.9 Å². The molecular weight excluding hydrogens is 317 g/mol. The van der Waals surface area contributed by atoms with Crippen LogP contribution >= 0.6 is 11.3 Å². The number of anilines is 1. The average Bonchev–Trinajstić information content (AvgIpc) is 3.05. The maximum Gasteiger partial charge on any atom is 0.244 e. The number of fused-ring (bicyclic) bond motifs is 1. The topological polar surface area (TPSA) is 62.5 Å². The van der Waals surface area contributed by atoms with Crippen LogP contribution in [-0.2, 0) is 4.79 Å². The standard InChI is InChI=1S/C15H16FN5OS/c1-9(13(22)20(2)3)17-14-19-21-8-12(18-15(21)23-14)10-4-6-11(16)7-5-10/h4-9H,1-3H3,(H,17,19)/t9-/m0/s1. The summed E-state index contributed by atoms with van der Waals surface area (Å²) in [6.45, 7) is 1.79. The Morgan fingerprint density at radius 1 is 1.35 bits per heavy atom. The molecule has 0 saturated carbocycles. The van der Waals surface area contributed by atoms with E-state index in [9.17, 15) is 9.18 Å². The number of aromatic nitrogens is 3. The lowest BCUT2D eigenvalue weighted by molar-refractivity contribution is -0.129. The number of carbonyl (C=O) groups excluding carboxylic acids is 1. The zero-order valence-electron chi connectivity index (χ0n) is 12.9. The van der Waals surface area contributed by atoms with E-state index in [0.717, 1.165) is 11.3 Å². The highest BCUT2D eigenvalue weighted by atomic mass is 32.1. The van der Waals surface area contributed by atoms with Crippen LogP contribution in [0.3, 0.4) is 0 Å². The molecule has 0 saturated heterocycles. The van der Waals surface area contributed by atoms with E-state index in [0.29, 0.717) is 10.1 Å². The minimum absolute atomic E-state index is 0.0233. The van der Waals surface area contributed by atoms with Gasteiger partial charge in [0.1, 0.15) is 11.9 Å². The van der Waals surface area contributed by atoms with E-state index in [2.05, 4.69) is 15.4 Å². The number of hydrogen-bond donors (Lipinski definition) is 1. The monoisotopic (exact) mass is 333 g/mol. The second-order valence-electron chi connectivity index (χ2n) is 5.37. The fourth-order valence-corrected chi connectivity index (χ4v) is 3.02. The predicted octanol–water partition coefficient (Wildman–Crippen LogP) is 2.49. The van der Waals surface area contributed by atoms with Crippen molar-refractivity contribution in [3.05, 3.63) is 36.3 Å². The number of amides is 1. The highest BCUT2D eigenvalue weighted by Gasteiger charge is 2.17. The van der Waals surface area contributed by atoms with Crippen molar-refractivity contribution in [2.24, 2.45) is 0 Å². The van der Waals surface area contributed by atoms with Gasteiger partial charge in [-0.05, 0) is 31.2 Å². The molecule has 0 unspecified atom stereocenters. The molecule has 2 heterocycles. The Balaban J connectivity index is 1.80. The molecule has 3 aromatic rings. The first-order valence-electron chi connectivity index (χ1n) is 7.04. The molecule has 0 aliphatic heterocycles. The van der Waals surface area contributed by atoms with Crippen molar-refractivity contribution in [3.63, 3.8) is 0 Å². The smallest absolute Gasteiger partial charge is 0.244 e. The third-order valence-corrected chi connectivity index (χ3v) is 4.19. The van der Waals surface area contributed by atoms with Crippen LogP contribution in [0.5, 0.6) is 0 Å². The van der Waals surface area contributed by atoms with Crippen LogP contribution < -0.4 is 5.32 Å². The molecule has 0 radical (unpaired) electrons. The number of likely N-dealkylation sites (N-methyl/N-ethyl adjacent to an activating group) is 1. The largest absolute Gasteiger partial charge is 0.349 e. The van der Waals surface area contributed by atoms with Crippen molar-refractivity contribution in [2.45, 2.75) is 13.0 Å². The van der Waals surface area contributed by atoms with Crippen LogP contribution in [0.25, 0.3) is 16.2 Å². The zero-order chi connectivity index (χ0) is 16.6. The Morgan fingerprint density at radius 2 is 2.04 bits per heavy atom. The average molecular weight is 333 g/mol. The fraction of sp³-hybridized carbons (Fsp3) is 0.267. The first-order valence-corrected chi connectivity index (χ1v) is 7.85. The summed E-state index contributed by atoms with van der Waals surface area (Å²) < 4.78 is 14.6. The summed E-state index contributed by atoms with van der Waals surface area (Å²) in [5, 5.41) is 8.07. The van der Waals surface area contributed by atoms with Gasteiger partial charge >= 0.3 is 0 Å². The van der Waals surface area contributed by atoms with Crippen molar-refractivity contribution in [2.75, 3.05) is 19.4 Å². The molecule has 120 valence electrons. The lowest BCUT2D eigenvalue weighted by atomic mass is 10.2. The summed E-state index contributed by atoms with van der Waals surface area (Å²) in [7, 11) is 3.42. The molecule has 0 bridgehead atoms. The van der Waals surface area contributed by atoms with Crippen LogP contribution in [0.4, 0.5) is 9.52 Å². The lowest BCUT2D eigenvalue weighted by Crippen LogP contribution is -2.36. The first kappa shape index (κ1) is 15.4. The van der Waals surface area contributed by atoms with Crippen molar-refractivity contribution in [3.8, 4) is 11.3 Å². The summed E-state index contributed by atoms with van der Waals surface area (Å²) in [6, 6.07) is 5.80. The molecule has 23 heavy (non-hydrogen) atoms. The third-order valence-electron chi connectivity index (χ3n) is 3.33. The van der Waals surface area contributed by atoms with E-state index in [1.807, 2.05) is 0 Å². The second-order valence-corrected chi connectivity index (χ2v) is 6.32. The van der Waals surface area contributed by atoms with E-state index in [1.165, 1.54) is 28.4 Å². The highest BCUT2D eigenvalue weighted by Crippen LogP contribution is 2.25. The van der Waals surface area contributed by atoms with Gasteiger partial charge in [0.25, 0.3) is 0 Å². The van der Waals surface area contributed by atoms with Crippen molar-refractivity contribution < 1.29 is 9.18 Å². The highest BCUT2D eigenvalue weighted by molar-refractivity contribution is 7.20. The van der Waals surface area contributed by atoms with Gasteiger partial charge < -0.3 is 10.2 Å². The molecule has 3 rings (SSSR count). The van der Waals surface area contributed by atoms with Gasteiger partial charge in [-0.1, -0.05) is 11.3 Å². The van der Waals surface area contributed by atoms with E-state index >= 15 is 0 Å². The minimum Gasteiger partial charge on any atom is -0.349 e. The molecule has 8 heteroatoms. The lowest BCUT2D eigenvalue weighted by Gasteiger charge is -2.16. The fourth-order valence-electron chi connectivity index (χ4n) is 2.15. The first-order chi connectivity index (χ1) is 10.9. The quantitative estimate of drug-likeness (QED) is 0.797. The summed E-state index contributed by atoms with van der Waals surface area (Å²) in [5.74, 6) is -0.302. The molecule has 0 spiro atoms. The van der Waals surface area contributed by atoms with E-state index < -0.39 is 0 Å². The summed E-state index contributed by atoms with van der Waals surface area (Å²) >= 11 is 1.36. The molecule has 1 N–H and O–H groups in total. The molecule has 2 aromatic heterocycles. The number of carbonyl (C=O) groups is 1. The normalized spacial score (nSPS) is 12.3. The van der Waals surface area contributed by atoms with Gasteiger partial charge in [-0.25, -0.2) is 13.9 Å². The van der Waals surface area contributed by atoms with Crippen molar-refractivity contribution >= 4 is 27.3 Å². The van der Waals surface area contributed by atoms with E-state index in [4.69, 9.17) is 0 Å². The van der Waals surface area contributed by atoms with Gasteiger partial charge in [0.15, 0.2) is 0 Å². The minimum atomic E-state index is -0.363. The molecular formula is C15H16FN5OS. The number of imidazole rings is 1. The third kappa shape index (κ3) is 3.16. The molecule has 1 aromatic carbocycles. The Morgan fingerprint density at radius 3 is 2.65 bits per heavy atom. The molecule has 0 fully saturated rings. The summed E-state index contributed by atoms with van der Waals surface area (Å²) in [4.78, 5) is 18.6. The predicted molar refractivity (Wildman–Crippen MR) is 88.0 cm³/mol. The number of benzene rings is 1. The van der Waals surface area contributed by atoms with Crippen LogP contribution in [0, 0.1) is 5.82 Å². The summed E-state index contributed by atoms with van der Waals surface area (Å²) in [6.07, 6.45) is 1.78. The maximum absolute atomic E-state index is 13.0. The van der Waals surface area contributed by atoms with Gasteiger partial charge in [-0.3, -0.25) is 4.79 Å². The molecule has 1 atom stereocenters. The molecule has 0 aliphatic rings. The number of halogens is 1. The van der Waals surface area contributed by atoms with Gasteiger partial charge in [0.2, 0.25) is 16.0 Å². The Labute approximate surface area is 136 Å². The Hall–Kier alpha value is -2.48. The molecule has 1 amide bonds. The van der Waals surface area contributed by atoms with E-state index in [1.54, 1.807) is 43.9 Å². The Kier molecular flexibility index (Phi) is 3.99. The second kappa shape index (κ2) is 5.96. The zero-order valence-corrected chi connectivity index (χ0v) is 13.8. The number of nitrogens with one attached hydrogen (secondary N) is 1.